The van der Waals surface area contributed by atoms with Crippen LogP contribution in [0.15, 0.2) is 48.5 Å². The van der Waals surface area contributed by atoms with Crippen LogP contribution in [-0.2, 0) is 21.2 Å². The highest BCUT2D eigenvalue weighted by atomic mass is 32.2. The lowest BCUT2D eigenvalue weighted by atomic mass is 10.1. The van der Waals surface area contributed by atoms with Crippen LogP contribution in [0.25, 0.3) is 0 Å². The Kier molecular flexibility index (Phi) is 8.11. The number of nitrogens with zero attached hydrogens (tertiary/aromatic N) is 1. The van der Waals surface area contributed by atoms with E-state index in [0.717, 1.165) is 28.3 Å². The molecule has 164 valence electrons. The maximum absolute atomic E-state index is 12.7. The van der Waals surface area contributed by atoms with E-state index in [1.54, 1.807) is 57.4 Å². The summed E-state index contributed by atoms with van der Waals surface area (Å²) in [6.07, 6.45) is 1.95. The molecule has 0 heterocycles. The van der Waals surface area contributed by atoms with E-state index in [1.165, 1.54) is 0 Å². The minimum absolute atomic E-state index is 0.245. The first-order valence-corrected chi connectivity index (χ1v) is 11.7. The summed E-state index contributed by atoms with van der Waals surface area (Å²) >= 11 is 0. The van der Waals surface area contributed by atoms with E-state index in [0.29, 0.717) is 11.4 Å². The molecule has 2 rings (SSSR count). The molecule has 0 saturated carbocycles. The summed E-state index contributed by atoms with van der Waals surface area (Å²) in [4.78, 5) is 12.7. The van der Waals surface area contributed by atoms with Crippen molar-refractivity contribution >= 4 is 21.6 Å². The van der Waals surface area contributed by atoms with Crippen LogP contribution in [0.1, 0.15) is 26.3 Å². The second-order valence-corrected chi connectivity index (χ2v) is 9.01. The van der Waals surface area contributed by atoms with Gasteiger partial charge in [0.05, 0.1) is 25.1 Å². The van der Waals surface area contributed by atoms with Crippen molar-refractivity contribution in [3.05, 3.63) is 54.1 Å². The topological polar surface area (TPSA) is 84.9 Å². The molecule has 0 aromatic heterocycles. The summed E-state index contributed by atoms with van der Waals surface area (Å²) < 4.78 is 36.7. The number of hydrogen-bond acceptors (Lipinski definition) is 5. The first kappa shape index (κ1) is 23.5. The summed E-state index contributed by atoms with van der Waals surface area (Å²) in [6.45, 7) is 5.64. The van der Waals surface area contributed by atoms with Crippen LogP contribution >= 0.6 is 0 Å². The lowest BCUT2D eigenvalue weighted by molar-refractivity contribution is -0.122. The Bertz CT molecular complexity index is 927. The molecular weight excluding hydrogens is 404 g/mol. The van der Waals surface area contributed by atoms with Gasteiger partial charge in [-0.3, -0.25) is 9.10 Å². The SMILES string of the molecule is CCc1ccc(N([C@H](C)C(=O)N[C@@H](C)COc2ccc(OC)cc2)S(C)(=O)=O)cc1. The molecule has 8 heteroatoms. The second kappa shape index (κ2) is 10.3. The van der Waals surface area contributed by atoms with Gasteiger partial charge in [0.1, 0.15) is 24.1 Å². The van der Waals surface area contributed by atoms with Crippen LogP contribution in [0.2, 0.25) is 0 Å². The number of ether oxygens (including phenoxy) is 2. The molecule has 2 aromatic rings. The van der Waals surface area contributed by atoms with Gasteiger partial charge in [0.15, 0.2) is 0 Å². The maximum atomic E-state index is 12.7. The number of sulfonamides is 1. The van der Waals surface area contributed by atoms with Gasteiger partial charge < -0.3 is 14.8 Å². The number of methoxy groups -OCH3 is 1. The molecular formula is C22H30N2O5S. The predicted molar refractivity (Wildman–Crippen MR) is 119 cm³/mol. The van der Waals surface area contributed by atoms with Gasteiger partial charge in [0.2, 0.25) is 15.9 Å². The van der Waals surface area contributed by atoms with Gasteiger partial charge in [-0.05, 0) is 62.2 Å². The molecule has 2 aromatic carbocycles. The molecule has 0 saturated heterocycles. The van der Waals surface area contributed by atoms with Crippen LogP contribution in [0, 0.1) is 0 Å². The van der Waals surface area contributed by atoms with E-state index in [1.807, 2.05) is 19.1 Å². The molecule has 7 nitrogen and oxygen atoms in total. The monoisotopic (exact) mass is 434 g/mol. The average Bonchev–Trinajstić information content (AvgIpc) is 2.72. The van der Waals surface area contributed by atoms with Crippen molar-refractivity contribution in [2.75, 3.05) is 24.3 Å². The normalized spacial score (nSPS) is 13.2. The van der Waals surface area contributed by atoms with Crippen molar-refractivity contribution in [3.63, 3.8) is 0 Å². The first-order chi connectivity index (χ1) is 14.2. The smallest absolute Gasteiger partial charge is 0.243 e. The van der Waals surface area contributed by atoms with E-state index in [9.17, 15) is 13.2 Å². The summed E-state index contributed by atoms with van der Waals surface area (Å²) in [5.74, 6) is 0.981. The highest BCUT2D eigenvalue weighted by Gasteiger charge is 2.29. The van der Waals surface area contributed by atoms with Crippen molar-refractivity contribution < 1.29 is 22.7 Å². The van der Waals surface area contributed by atoms with Crippen molar-refractivity contribution in [2.24, 2.45) is 0 Å². The predicted octanol–water partition coefficient (Wildman–Crippen LogP) is 3.00. The lowest BCUT2D eigenvalue weighted by Crippen LogP contribution is -2.50. The van der Waals surface area contributed by atoms with Gasteiger partial charge in [0, 0.05) is 0 Å². The van der Waals surface area contributed by atoms with Gasteiger partial charge in [-0.15, -0.1) is 0 Å². The van der Waals surface area contributed by atoms with E-state index in [4.69, 9.17) is 9.47 Å². The summed E-state index contributed by atoms with van der Waals surface area (Å²) in [5.41, 5.74) is 1.55. The molecule has 0 radical (unpaired) electrons. The maximum Gasteiger partial charge on any atom is 0.243 e. The molecule has 0 unspecified atom stereocenters. The van der Waals surface area contributed by atoms with E-state index < -0.39 is 22.0 Å². The number of amides is 1. The molecule has 1 amide bonds. The Hall–Kier alpha value is -2.74. The quantitative estimate of drug-likeness (QED) is 0.621. The Morgan fingerprint density at radius 1 is 1.03 bits per heavy atom. The minimum Gasteiger partial charge on any atom is -0.497 e. The molecule has 1 N–H and O–H groups in total. The summed E-state index contributed by atoms with van der Waals surface area (Å²) in [7, 11) is -2.06. The Labute approximate surface area is 179 Å². The fourth-order valence-electron chi connectivity index (χ4n) is 2.99. The first-order valence-electron chi connectivity index (χ1n) is 9.81. The van der Waals surface area contributed by atoms with Crippen molar-refractivity contribution in [1.29, 1.82) is 0 Å². The van der Waals surface area contributed by atoms with Crippen molar-refractivity contribution in [2.45, 2.75) is 39.3 Å². The number of carbonyl (C=O) groups excluding carboxylic acids is 1. The van der Waals surface area contributed by atoms with Gasteiger partial charge >= 0.3 is 0 Å². The van der Waals surface area contributed by atoms with Gasteiger partial charge in [0.25, 0.3) is 0 Å². The zero-order valence-electron chi connectivity index (χ0n) is 18.1. The van der Waals surface area contributed by atoms with Crippen LogP contribution in [0.3, 0.4) is 0 Å². The molecule has 0 aliphatic carbocycles. The van der Waals surface area contributed by atoms with Crippen LogP contribution in [-0.4, -0.2) is 46.4 Å². The highest BCUT2D eigenvalue weighted by molar-refractivity contribution is 7.92. The fourth-order valence-corrected chi connectivity index (χ4v) is 4.16. The Morgan fingerprint density at radius 3 is 2.10 bits per heavy atom. The van der Waals surface area contributed by atoms with Crippen LogP contribution in [0.4, 0.5) is 5.69 Å². The minimum atomic E-state index is -3.65. The molecule has 30 heavy (non-hydrogen) atoms. The van der Waals surface area contributed by atoms with Crippen molar-refractivity contribution in [1.82, 2.24) is 5.32 Å². The standard InChI is InChI=1S/C22H30N2O5S/c1-6-18-7-9-19(10-8-18)24(30(5,26)27)17(3)22(25)23-16(2)15-29-21-13-11-20(28-4)12-14-21/h7-14,16-17H,6,15H2,1-5H3,(H,23,25)/t16-,17+/m0/s1. The molecule has 0 fully saturated rings. The summed E-state index contributed by atoms with van der Waals surface area (Å²) in [6, 6.07) is 13.1. The van der Waals surface area contributed by atoms with Gasteiger partial charge in [-0.1, -0.05) is 19.1 Å². The van der Waals surface area contributed by atoms with Gasteiger partial charge in [-0.2, -0.15) is 0 Å². The third-order valence-electron chi connectivity index (χ3n) is 4.64. The zero-order valence-corrected chi connectivity index (χ0v) is 18.9. The number of hydrogen-bond donors (Lipinski definition) is 1. The molecule has 2 atom stereocenters. The van der Waals surface area contributed by atoms with Crippen molar-refractivity contribution in [3.8, 4) is 11.5 Å². The van der Waals surface area contributed by atoms with E-state index >= 15 is 0 Å². The average molecular weight is 435 g/mol. The zero-order chi connectivity index (χ0) is 22.3. The number of carbonyl (C=O) groups is 1. The second-order valence-electron chi connectivity index (χ2n) is 7.15. The van der Waals surface area contributed by atoms with E-state index in [-0.39, 0.29) is 12.6 Å². The Morgan fingerprint density at radius 2 is 1.60 bits per heavy atom. The molecule has 0 aliphatic rings. The largest absolute Gasteiger partial charge is 0.497 e. The van der Waals surface area contributed by atoms with Crippen LogP contribution < -0.4 is 19.1 Å². The molecule has 0 bridgehead atoms. The van der Waals surface area contributed by atoms with Crippen LogP contribution in [0.5, 0.6) is 11.5 Å². The third kappa shape index (κ3) is 6.38. The Balaban J connectivity index is 2.02. The number of nitrogens with one attached hydrogen (secondary N) is 1. The lowest BCUT2D eigenvalue weighted by Gasteiger charge is -2.29. The third-order valence-corrected chi connectivity index (χ3v) is 5.88. The van der Waals surface area contributed by atoms with E-state index in [2.05, 4.69) is 5.32 Å². The number of aryl methyl sites for hydroxylation is 1. The number of anilines is 1. The summed E-state index contributed by atoms with van der Waals surface area (Å²) in [5, 5.41) is 2.82. The number of rotatable bonds is 10. The van der Waals surface area contributed by atoms with Gasteiger partial charge in [-0.25, -0.2) is 8.42 Å². The highest BCUT2D eigenvalue weighted by Crippen LogP contribution is 2.22. The fraction of sp³-hybridized carbons (Fsp3) is 0.409. The number of benzene rings is 2. The molecule has 0 spiro atoms. The molecule has 0 aliphatic heterocycles.